The number of amides is 1. The Morgan fingerprint density at radius 2 is 2.12 bits per heavy atom. The lowest BCUT2D eigenvalue weighted by atomic mass is 9.93. The van der Waals surface area contributed by atoms with Crippen molar-refractivity contribution < 1.29 is 9.53 Å². The fraction of sp³-hybridized carbons (Fsp3) is 0.600. The van der Waals surface area contributed by atoms with Crippen molar-refractivity contribution in [1.82, 2.24) is 25.1 Å². The van der Waals surface area contributed by atoms with Gasteiger partial charge in [0.1, 0.15) is 21.9 Å². The highest BCUT2D eigenvalue weighted by molar-refractivity contribution is 14.1. The first-order valence-corrected chi connectivity index (χ1v) is 9.22. The molecule has 2 aromatic heterocycles. The smallest absolute Gasteiger partial charge is 0.407 e. The fourth-order valence-electron chi connectivity index (χ4n) is 3.12. The second kappa shape index (κ2) is 7.49. The third kappa shape index (κ3) is 3.40. The predicted molar refractivity (Wildman–Crippen MR) is 99.0 cm³/mol. The molecule has 0 unspecified atom stereocenters. The van der Waals surface area contributed by atoms with Crippen LogP contribution in [0.5, 0.6) is 0 Å². The third-order valence-corrected chi connectivity index (χ3v) is 5.02. The quantitative estimate of drug-likeness (QED) is 0.705. The zero-order valence-electron chi connectivity index (χ0n) is 13.8. The number of aromatic nitrogens is 4. The van der Waals surface area contributed by atoms with Gasteiger partial charge in [-0.1, -0.05) is 0 Å². The van der Waals surface area contributed by atoms with Crippen LogP contribution in [0.4, 0.5) is 10.6 Å². The van der Waals surface area contributed by atoms with Crippen molar-refractivity contribution in [3.05, 3.63) is 10.0 Å². The van der Waals surface area contributed by atoms with Crippen LogP contribution in [0.2, 0.25) is 0 Å². The fourth-order valence-corrected chi connectivity index (χ4v) is 3.85. The molecule has 1 fully saturated rings. The lowest BCUT2D eigenvalue weighted by Crippen LogP contribution is -2.31. The van der Waals surface area contributed by atoms with Crippen molar-refractivity contribution in [2.75, 3.05) is 18.9 Å². The van der Waals surface area contributed by atoms with Crippen LogP contribution >= 0.6 is 22.6 Å². The molecule has 1 amide bonds. The van der Waals surface area contributed by atoms with Gasteiger partial charge in [0.25, 0.3) is 0 Å². The molecule has 9 heteroatoms. The SMILES string of the molecule is CCNC(=O)OC1CCC(n2nc(I)c3c(NC)ncnc32)CC1. The maximum Gasteiger partial charge on any atom is 0.407 e. The van der Waals surface area contributed by atoms with Gasteiger partial charge in [0, 0.05) is 13.6 Å². The number of fused-ring (bicyclic) bond motifs is 1. The highest BCUT2D eigenvalue weighted by Gasteiger charge is 2.28. The zero-order valence-corrected chi connectivity index (χ0v) is 15.9. The minimum atomic E-state index is -0.327. The number of nitrogens with one attached hydrogen (secondary N) is 2. The first-order valence-electron chi connectivity index (χ1n) is 8.15. The topological polar surface area (TPSA) is 94.0 Å². The summed E-state index contributed by atoms with van der Waals surface area (Å²) in [4.78, 5) is 20.2. The number of carbonyl (C=O) groups excluding carboxylic acids is 1. The molecule has 130 valence electrons. The summed E-state index contributed by atoms with van der Waals surface area (Å²) in [5.74, 6) is 0.795. The van der Waals surface area contributed by atoms with Crippen LogP contribution in [0.3, 0.4) is 0 Å². The van der Waals surface area contributed by atoms with Crippen LogP contribution in [0.15, 0.2) is 6.33 Å². The summed E-state index contributed by atoms with van der Waals surface area (Å²) in [5, 5.41) is 11.4. The first kappa shape index (κ1) is 17.2. The molecule has 0 saturated heterocycles. The number of rotatable bonds is 4. The number of hydrogen-bond donors (Lipinski definition) is 2. The van der Waals surface area contributed by atoms with E-state index in [0.29, 0.717) is 6.54 Å². The predicted octanol–water partition coefficient (Wildman–Crippen LogP) is 2.70. The Hall–Kier alpha value is -1.65. The van der Waals surface area contributed by atoms with Crippen LogP contribution in [0.1, 0.15) is 38.6 Å². The van der Waals surface area contributed by atoms with Crippen LogP contribution < -0.4 is 10.6 Å². The van der Waals surface area contributed by atoms with E-state index in [1.165, 1.54) is 0 Å². The van der Waals surface area contributed by atoms with Crippen LogP contribution in [0.25, 0.3) is 11.0 Å². The van der Waals surface area contributed by atoms with Crippen molar-refractivity contribution in [2.24, 2.45) is 0 Å². The molecule has 2 heterocycles. The molecule has 0 aliphatic heterocycles. The first-order chi connectivity index (χ1) is 11.6. The Labute approximate surface area is 153 Å². The van der Waals surface area contributed by atoms with Crippen LogP contribution in [-0.2, 0) is 4.74 Å². The van der Waals surface area contributed by atoms with E-state index in [2.05, 4.69) is 48.3 Å². The highest BCUT2D eigenvalue weighted by atomic mass is 127. The Kier molecular flexibility index (Phi) is 5.36. The lowest BCUT2D eigenvalue weighted by molar-refractivity contribution is 0.0650. The van der Waals surface area contributed by atoms with E-state index in [1.54, 1.807) is 6.33 Å². The third-order valence-electron chi connectivity index (χ3n) is 4.27. The van der Waals surface area contributed by atoms with Crippen molar-refractivity contribution in [3.63, 3.8) is 0 Å². The molecule has 0 aromatic carbocycles. The van der Waals surface area contributed by atoms with Crippen molar-refractivity contribution >= 4 is 45.5 Å². The molecule has 1 aliphatic carbocycles. The maximum absolute atomic E-state index is 11.5. The number of nitrogens with zero attached hydrogens (tertiary/aromatic N) is 4. The Morgan fingerprint density at radius 1 is 1.38 bits per heavy atom. The van der Waals surface area contributed by atoms with Crippen molar-refractivity contribution in [1.29, 1.82) is 0 Å². The van der Waals surface area contributed by atoms with Gasteiger partial charge < -0.3 is 15.4 Å². The summed E-state index contributed by atoms with van der Waals surface area (Å²) in [7, 11) is 1.85. The molecule has 0 atom stereocenters. The van der Waals surface area contributed by atoms with E-state index in [-0.39, 0.29) is 18.2 Å². The van der Waals surface area contributed by atoms with Gasteiger partial charge in [0.05, 0.1) is 11.4 Å². The molecule has 0 spiro atoms. The van der Waals surface area contributed by atoms with Gasteiger partial charge in [-0.15, -0.1) is 0 Å². The minimum absolute atomic E-state index is 0.0174. The average molecular weight is 444 g/mol. The van der Waals surface area contributed by atoms with E-state index in [9.17, 15) is 4.79 Å². The van der Waals surface area contributed by atoms with Crippen molar-refractivity contribution in [3.8, 4) is 0 Å². The molecular formula is C15H21IN6O2. The number of alkyl carbamates (subject to hydrolysis) is 1. The summed E-state index contributed by atoms with van der Waals surface area (Å²) in [6.07, 6.45) is 4.72. The molecule has 2 aromatic rings. The van der Waals surface area contributed by atoms with E-state index in [0.717, 1.165) is 46.2 Å². The van der Waals surface area contributed by atoms with Gasteiger partial charge in [-0.25, -0.2) is 19.4 Å². The number of ether oxygens (including phenoxy) is 1. The van der Waals surface area contributed by atoms with Crippen LogP contribution in [0, 0.1) is 3.70 Å². The van der Waals surface area contributed by atoms with Gasteiger partial charge >= 0.3 is 6.09 Å². The maximum atomic E-state index is 11.5. The van der Waals surface area contributed by atoms with E-state index < -0.39 is 0 Å². The summed E-state index contributed by atoms with van der Waals surface area (Å²) in [5.41, 5.74) is 0.854. The number of anilines is 1. The summed E-state index contributed by atoms with van der Waals surface area (Å²) in [6.45, 7) is 2.46. The monoisotopic (exact) mass is 444 g/mol. The van der Waals surface area contributed by atoms with Gasteiger partial charge in [0.2, 0.25) is 0 Å². The molecule has 24 heavy (non-hydrogen) atoms. The number of hydrogen-bond acceptors (Lipinski definition) is 6. The summed E-state index contributed by atoms with van der Waals surface area (Å²) < 4.78 is 8.33. The zero-order chi connectivity index (χ0) is 17.1. The second-order valence-corrected chi connectivity index (χ2v) is 6.79. The van der Waals surface area contributed by atoms with Crippen LogP contribution in [-0.4, -0.2) is 45.5 Å². The van der Waals surface area contributed by atoms with Gasteiger partial charge in [-0.3, -0.25) is 0 Å². The van der Waals surface area contributed by atoms with Gasteiger partial charge in [-0.05, 0) is 55.2 Å². The normalized spacial score (nSPS) is 20.8. The van der Waals surface area contributed by atoms with Gasteiger partial charge in [-0.2, -0.15) is 5.10 Å². The highest BCUT2D eigenvalue weighted by Crippen LogP contribution is 2.34. The lowest BCUT2D eigenvalue weighted by Gasteiger charge is -2.28. The van der Waals surface area contributed by atoms with Gasteiger partial charge in [0.15, 0.2) is 5.65 Å². The molecule has 3 rings (SSSR count). The molecule has 2 N–H and O–H groups in total. The van der Waals surface area contributed by atoms with E-state index in [1.807, 2.05) is 18.7 Å². The van der Waals surface area contributed by atoms with E-state index >= 15 is 0 Å². The number of carbonyl (C=O) groups is 1. The van der Waals surface area contributed by atoms with Crippen molar-refractivity contribution in [2.45, 2.75) is 44.8 Å². The minimum Gasteiger partial charge on any atom is -0.446 e. The standard InChI is InChI=1S/C15H21IN6O2/c1-3-18-15(23)24-10-6-4-9(5-7-10)22-14-11(12(16)21-22)13(17-2)19-8-20-14/h8-10H,3-7H2,1-2H3,(H,18,23)(H,17,19,20). The molecule has 0 bridgehead atoms. The largest absolute Gasteiger partial charge is 0.446 e. The summed E-state index contributed by atoms with van der Waals surface area (Å²) >= 11 is 2.22. The molecule has 1 aliphatic rings. The molecule has 1 saturated carbocycles. The molecule has 8 nitrogen and oxygen atoms in total. The Bertz CT molecular complexity index is 726. The second-order valence-electron chi connectivity index (χ2n) is 5.77. The number of halogens is 1. The molecule has 0 radical (unpaired) electrons. The summed E-state index contributed by atoms with van der Waals surface area (Å²) in [6, 6.07) is 0.268. The Morgan fingerprint density at radius 3 is 2.79 bits per heavy atom. The Balaban J connectivity index is 1.73. The average Bonchev–Trinajstić information content (AvgIpc) is 2.93. The van der Waals surface area contributed by atoms with E-state index in [4.69, 9.17) is 4.74 Å². The molecular weight excluding hydrogens is 423 g/mol.